The normalized spacial score (nSPS) is 11.6. The van der Waals surface area contributed by atoms with Crippen LogP contribution in [0.1, 0.15) is 0 Å². The average Bonchev–Trinajstić information content (AvgIpc) is 2.58. The van der Waals surface area contributed by atoms with Crippen molar-refractivity contribution in [3.8, 4) is 0 Å². The fourth-order valence-electron chi connectivity index (χ4n) is 3.08. The molecule has 0 amide bonds. The van der Waals surface area contributed by atoms with Crippen molar-refractivity contribution in [1.29, 1.82) is 0 Å². The van der Waals surface area contributed by atoms with Crippen LogP contribution in [0, 0.1) is 0 Å². The SMILES string of the molecule is c1ccc2nc3c(ccc4cc5ccccc5nc43)cc2c1. The Kier molecular flexibility index (Phi) is 2.25. The average molecular weight is 280 g/mol. The standard InChI is InChI=1S/C20H12N2/c1-3-7-17-13(5-1)11-15-9-10-16-12-14-6-2-4-8-18(14)22-20(16)19(15)21-17/h1-12H. The van der Waals surface area contributed by atoms with E-state index in [2.05, 4.69) is 48.5 Å². The molecule has 102 valence electrons. The molecule has 0 spiro atoms. The zero-order valence-corrected chi connectivity index (χ0v) is 11.8. The lowest BCUT2D eigenvalue weighted by Crippen LogP contribution is -1.88. The summed E-state index contributed by atoms with van der Waals surface area (Å²) in [4.78, 5) is 9.70. The van der Waals surface area contributed by atoms with Gasteiger partial charge >= 0.3 is 0 Å². The molecule has 0 aliphatic heterocycles. The molecule has 0 fully saturated rings. The van der Waals surface area contributed by atoms with Gasteiger partial charge in [0.1, 0.15) is 0 Å². The van der Waals surface area contributed by atoms with E-state index in [0.717, 1.165) is 43.6 Å². The summed E-state index contributed by atoms with van der Waals surface area (Å²) >= 11 is 0. The molecule has 2 aromatic heterocycles. The molecular formula is C20H12N2. The van der Waals surface area contributed by atoms with Crippen LogP contribution in [0.4, 0.5) is 0 Å². The number of fused-ring (bicyclic) bond motifs is 5. The minimum absolute atomic E-state index is 0.974. The molecule has 2 heteroatoms. The third kappa shape index (κ3) is 1.61. The summed E-state index contributed by atoms with van der Waals surface area (Å²) in [6.45, 7) is 0. The summed E-state index contributed by atoms with van der Waals surface area (Å²) in [5.74, 6) is 0. The minimum atomic E-state index is 0.974. The highest BCUT2D eigenvalue weighted by molar-refractivity contribution is 6.09. The van der Waals surface area contributed by atoms with E-state index in [1.807, 2.05) is 24.3 Å². The topological polar surface area (TPSA) is 25.8 Å². The van der Waals surface area contributed by atoms with Crippen LogP contribution in [0.3, 0.4) is 0 Å². The third-order valence-corrected chi connectivity index (χ3v) is 4.17. The molecule has 0 bridgehead atoms. The first kappa shape index (κ1) is 11.6. The molecule has 22 heavy (non-hydrogen) atoms. The molecule has 0 aliphatic rings. The summed E-state index contributed by atoms with van der Waals surface area (Å²) in [5.41, 5.74) is 3.97. The van der Waals surface area contributed by atoms with E-state index in [1.165, 1.54) is 0 Å². The molecule has 2 nitrogen and oxygen atoms in total. The van der Waals surface area contributed by atoms with Crippen LogP contribution < -0.4 is 0 Å². The van der Waals surface area contributed by atoms with Crippen LogP contribution in [-0.4, -0.2) is 9.97 Å². The van der Waals surface area contributed by atoms with Gasteiger partial charge in [0.2, 0.25) is 0 Å². The van der Waals surface area contributed by atoms with Crippen molar-refractivity contribution in [3.63, 3.8) is 0 Å². The smallest absolute Gasteiger partial charge is 0.0972 e. The summed E-state index contributed by atoms with van der Waals surface area (Å²) in [5, 5.41) is 4.59. The maximum atomic E-state index is 4.85. The first-order valence-corrected chi connectivity index (χ1v) is 7.36. The Morgan fingerprint density at radius 1 is 0.455 bits per heavy atom. The highest BCUT2D eigenvalue weighted by atomic mass is 14.8. The van der Waals surface area contributed by atoms with E-state index in [9.17, 15) is 0 Å². The summed E-state index contributed by atoms with van der Waals surface area (Å²) in [6.07, 6.45) is 0. The lowest BCUT2D eigenvalue weighted by Gasteiger charge is -2.06. The Morgan fingerprint density at radius 3 is 1.41 bits per heavy atom. The number of hydrogen-bond donors (Lipinski definition) is 0. The Labute approximate surface area is 127 Å². The zero-order valence-electron chi connectivity index (χ0n) is 11.8. The summed E-state index contributed by atoms with van der Waals surface area (Å²) < 4.78 is 0. The number of rotatable bonds is 0. The van der Waals surface area contributed by atoms with E-state index in [4.69, 9.17) is 9.97 Å². The summed E-state index contributed by atoms with van der Waals surface area (Å²) in [6, 6.07) is 25.1. The largest absolute Gasteiger partial charge is 0.245 e. The predicted molar refractivity (Wildman–Crippen MR) is 92.1 cm³/mol. The predicted octanol–water partition coefficient (Wildman–Crippen LogP) is 5.09. The minimum Gasteiger partial charge on any atom is -0.245 e. The van der Waals surface area contributed by atoms with Crippen molar-refractivity contribution < 1.29 is 0 Å². The molecule has 0 aliphatic carbocycles. The fraction of sp³-hybridized carbons (Fsp3) is 0. The third-order valence-electron chi connectivity index (χ3n) is 4.17. The van der Waals surface area contributed by atoms with Gasteiger partial charge in [0, 0.05) is 21.5 Å². The molecule has 0 radical (unpaired) electrons. The van der Waals surface area contributed by atoms with Crippen molar-refractivity contribution in [3.05, 3.63) is 72.8 Å². The first-order chi connectivity index (χ1) is 10.9. The second-order valence-corrected chi connectivity index (χ2v) is 5.57. The van der Waals surface area contributed by atoms with Gasteiger partial charge in [-0.2, -0.15) is 0 Å². The van der Waals surface area contributed by atoms with Crippen LogP contribution >= 0.6 is 0 Å². The van der Waals surface area contributed by atoms with Gasteiger partial charge in [0.25, 0.3) is 0 Å². The van der Waals surface area contributed by atoms with Gasteiger partial charge in [-0.25, -0.2) is 9.97 Å². The van der Waals surface area contributed by atoms with Crippen LogP contribution in [0.2, 0.25) is 0 Å². The number of benzene rings is 3. The van der Waals surface area contributed by atoms with Gasteiger partial charge in [-0.05, 0) is 24.3 Å². The van der Waals surface area contributed by atoms with E-state index in [0.29, 0.717) is 0 Å². The van der Waals surface area contributed by atoms with Gasteiger partial charge < -0.3 is 0 Å². The molecule has 0 N–H and O–H groups in total. The fourth-order valence-corrected chi connectivity index (χ4v) is 3.08. The maximum Gasteiger partial charge on any atom is 0.0972 e. The van der Waals surface area contributed by atoms with Crippen molar-refractivity contribution in [2.24, 2.45) is 0 Å². The lowest BCUT2D eigenvalue weighted by atomic mass is 10.1. The first-order valence-electron chi connectivity index (χ1n) is 7.36. The van der Waals surface area contributed by atoms with Crippen molar-refractivity contribution in [2.75, 3.05) is 0 Å². The van der Waals surface area contributed by atoms with E-state index < -0.39 is 0 Å². The van der Waals surface area contributed by atoms with Gasteiger partial charge in [0.15, 0.2) is 0 Å². The highest BCUT2D eigenvalue weighted by Crippen LogP contribution is 2.28. The molecular weight excluding hydrogens is 268 g/mol. The molecule has 0 saturated heterocycles. The van der Waals surface area contributed by atoms with Gasteiger partial charge in [-0.15, -0.1) is 0 Å². The van der Waals surface area contributed by atoms with E-state index in [1.54, 1.807) is 0 Å². The van der Waals surface area contributed by atoms with Gasteiger partial charge in [-0.1, -0.05) is 48.5 Å². The maximum absolute atomic E-state index is 4.85. The second-order valence-electron chi connectivity index (χ2n) is 5.57. The molecule has 0 atom stereocenters. The number of pyridine rings is 2. The summed E-state index contributed by atoms with van der Waals surface area (Å²) in [7, 11) is 0. The molecule has 5 rings (SSSR count). The highest BCUT2D eigenvalue weighted by Gasteiger charge is 2.07. The van der Waals surface area contributed by atoms with Crippen molar-refractivity contribution in [2.45, 2.75) is 0 Å². The Hall–Kier alpha value is -3.00. The number of hydrogen-bond acceptors (Lipinski definition) is 2. The molecule has 2 heterocycles. The Balaban J connectivity index is 2.00. The van der Waals surface area contributed by atoms with Crippen LogP contribution in [-0.2, 0) is 0 Å². The van der Waals surface area contributed by atoms with Gasteiger partial charge in [-0.3, -0.25) is 0 Å². The molecule has 0 unspecified atom stereocenters. The van der Waals surface area contributed by atoms with Crippen molar-refractivity contribution >= 4 is 43.6 Å². The lowest BCUT2D eigenvalue weighted by molar-refractivity contribution is 1.46. The monoisotopic (exact) mass is 280 g/mol. The molecule has 5 aromatic rings. The van der Waals surface area contributed by atoms with Crippen LogP contribution in [0.5, 0.6) is 0 Å². The second kappa shape index (κ2) is 4.25. The molecule has 3 aromatic carbocycles. The van der Waals surface area contributed by atoms with Gasteiger partial charge in [0.05, 0.1) is 22.1 Å². The van der Waals surface area contributed by atoms with Crippen LogP contribution in [0.25, 0.3) is 43.6 Å². The Morgan fingerprint density at radius 2 is 0.909 bits per heavy atom. The quantitative estimate of drug-likeness (QED) is 0.292. The van der Waals surface area contributed by atoms with Crippen molar-refractivity contribution in [1.82, 2.24) is 9.97 Å². The van der Waals surface area contributed by atoms with E-state index in [-0.39, 0.29) is 0 Å². The number of para-hydroxylation sites is 2. The number of aromatic nitrogens is 2. The van der Waals surface area contributed by atoms with Crippen LogP contribution in [0.15, 0.2) is 72.8 Å². The zero-order chi connectivity index (χ0) is 14.5. The Bertz CT molecular complexity index is 1080. The number of nitrogens with zero attached hydrogens (tertiary/aromatic N) is 2. The molecule has 0 saturated carbocycles. The van der Waals surface area contributed by atoms with E-state index >= 15 is 0 Å².